The molecular formula is C20H22N2O4S. The summed E-state index contributed by atoms with van der Waals surface area (Å²) in [6.07, 6.45) is 1.64. The first-order valence-corrected chi connectivity index (χ1v) is 10.2. The lowest BCUT2D eigenvalue weighted by atomic mass is 10.1. The lowest BCUT2D eigenvalue weighted by Gasteiger charge is -2.10. The quantitative estimate of drug-likeness (QED) is 0.675. The van der Waals surface area contributed by atoms with E-state index in [1.54, 1.807) is 24.3 Å². The minimum absolute atomic E-state index is 0.225. The predicted molar refractivity (Wildman–Crippen MR) is 105 cm³/mol. The van der Waals surface area contributed by atoms with Crippen LogP contribution in [0.2, 0.25) is 0 Å². The van der Waals surface area contributed by atoms with Crippen molar-refractivity contribution in [2.75, 3.05) is 6.26 Å². The molecule has 2 aromatic carbocycles. The molecule has 0 aliphatic rings. The number of nitrogens with zero attached hydrogens (tertiary/aromatic N) is 2. The average molecular weight is 386 g/mol. The molecule has 0 saturated carbocycles. The van der Waals surface area contributed by atoms with Crippen molar-refractivity contribution in [1.29, 1.82) is 0 Å². The van der Waals surface area contributed by atoms with E-state index in [-0.39, 0.29) is 6.42 Å². The van der Waals surface area contributed by atoms with E-state index in [1.807, 2.05) is 30.7 Å². The van der Waals surface area contributed by atoms with Crippen LogP contribution in [-0.4, -0.2) is 36.3 Å². The van der Waals surface area contributed by atoms with Gasteiger partial charge in [0.05, 0.1) is 11.0 Å². The third-order valence-corrected chi connectivity index (χ3v) is 5.69. The molecule has 2 atom stereocenters. The molecule has 27 heavy (non-hydrogen) atoms. The first-order chi connectivity index (χ1) is 12.8. The monoisotopic (exact) mass is 386 g/mol. The Bertz CT molecular complexity index is 981. The molecule has 1 N–H and O–H groups in total. The van der Waals surface area contributed by atoms with Gasteiger partial charge in [0.2, 0.25) is 0 Å². The van der Waals surface area contributed by atoms with E-state index in [0.717, 1.165) is 22.4 Å². The van der Waals surface area contributed by atoms with Crippen LogP contribution in [0.5, 0.6) is 5.75 Å². The number of fused-ring (bicyclic) bond motifs is 1. The number of carbonyl (C=O) groups is 1. The Labute approximate surface area is 160 Å². The third kappa shape index (κ3) is 4.36. The fourth-order valence-corrected chi connectivity index (χ4v) is 3.62. The first-order valence-electron chi connectivity index (χ1n) is 8.54. The van der Waals surface area contributed by atoms with E-state index in [2.05, 4.69) is 11.1 Å². The van der Waals surface area contributed by atoms with E-state index in [4.69, 9.17) is 9.84 Å². The van der Waals surface area contributed by atoms with Crippen molar-refractivity contribution in [2.45, 2.75) is 25.2 Å². The van der Waals surface area contributed by atoms with Crippen LogP contribution in [0.4, 0.5) is 0 Å². The number of aryl methyl sites for hydroxylation is 2. The van der Waals surface area contributed by atoms with Crippen molar-refractivity contribution >= 4 is 27.8 Å². The smallest absolute Gasteiger partial charge is 0.319 e. The summed E-state index contributed by atoms with van der Waals surface area (Å²) in [5.41, 5.74) is 3.99. The Morgan fingerprint density at radius 3 is 2.59 bits per heavy atom. The number of aliphatic carboxylic acids is 1. The molecule has 6 nitrogen and oxygen atoms in total. The van der Waals surface area contributed by atoms with Gasteiger partial charge in [0.1, 0.15) is 23.4 Å². The van der Waals surface area contributed by atoms with Crippen LogP contribution >= 0.6 is 0 Å². The molecular weight excluding hydrogens is 364 g/mol. The summed E-state index contributed by atoms with van der Waals surface area (Å²) in [6, 6.07) is 13.3. The summed E-state index contributed by atoms with van der Waals surface area (Å²) in [4.78, 5) is 15.8. The van der Waals surface area contributed by atoms with Crippen LogP contribution in [0, 0.1) is 6.92 Å². The molecule has 3 rings (SSSR count). The predicted octanol–water partition coefficient (Wildman–Crippen LogP) is 2.83. The van der Waals surface area contributed by atoms with Crippen LogP contribution in [0.1, 0.15) is 17.0 Å². The minimum Gasteiger partial charge on any atom is -0.486 e. The van der Waals surface area contributed by atoms with Gasteiger partial charge < -0.3 is 14.4 Å². The summed E-state index contributed by atoms with van der Waals surface area (Å²) in [5.74, 6) is 0.451. The molecule has 0 amide bonds. The maximum atomic E-state index is 11.5. The Balaban J connectivity index is 1.68. The van der Waals surface area contributed by atoms with Crippen LogP contribution in [-0.2, 0) is 35.7 Å². The molecule has 0 aliphatic carbocycles. The van der Waals surface area contributed by atoms with Crippen LogP contribution < -0.4 is 4.74 Å². The SMILES string of the molecule is Cc1ccc2nc(COc3ccc(CC(C(=O)O)S(C)=O)cc3)n(C)c2c1. The first kappa shape index (κ1) is 19.1. The summed E-state index contributed by atoms with van der Waals surface area (Å²) >= 11 is 0. The lowest BCUT2D eigenvalue weighted by molar-refractivity contribution is -0.136. The van der Waals surface area contributed by atoms with Gasteiger partial charge in [-0.25, -0.2) is 4.98 Å². The van der Waals surface area contributed by atoms with Gasteiger partial charge in [0, 0.05) is 24.1 Å². The molecule has 0 saturated heterocycles. The van der Waals surface area contributed by atoms with Crippen molar-refractivity contribution in [2.24, 2.45) is 7.05 Å². The number of carboxylic acid groups (broad SMARTS) is 1. The second kappa shape index (κ2) is 7.92. The molecule has 0 aliphatic heterocycles. The number of imidazole rings is 1. The topological polar surface area (TPSA) is 81.4 Å². The highest BCUT2D eigenvalue weighted by Gasteiger charge is 2.21. The van der Waals surface area contributed by atoms with Crippen molar-refractivity contribution in [3.05, 3.63) is 59.4 Å². The maximum Gasteiger partial charge on any atom is 0.319 e. The highest BCUT2D eigenvalue weighted by Crippen LogP contribution is 2.19. The van der Waals surface area contributed by atoms with Crippen molar-refractivity contribution in [3.63, 3.8) is 0 Å². The van der Waals surface area contributed by atoms with Crippen molar-refractivity contribution in [3.8, 4) is 5.75 Å². The molecule has 2 unspecified atom stereocenters. The largest absolute Gasteiger partial charge is 0.486 e. The van der Waals surface area contributed by atoms with Gasteiger partial charge in [0.25, 0.3) is 0 Å². The Kier molecular flexibility index (Phi) is 5.60. The van der Waals surface area contributed by atoms with Crippen LogP contribution in [0.15, 0.2) is 42.5 Å². The number of hydrogen-bond acceptors (Lipinski definition) is 4. The lowest BCUT2D eigenvalue weighted by Crippen LogP contribution is -2.27. The zero-order valence-electron chi connectivity index (χ0n) is 15.5. The highest BCUT2D eigenvalue weighted by molar-refractivity contribution is 7.85. The maximum absolute atomic E-state index is 11.5. The Morgan fingerprint density at radius 2 is 1.96 bits per heavy atom. The molecule has 0 bridgehead atoms. The molecule has 3 aromatic rings. The van der Waals surface area contributed by atoms with E-state index < -0.39 is 22.0 Å². The van der Waals surface area contributed by atoms with Crippen molar-refractivity contribution in [1.82, 2.24) is 9.55 Å². The van der Waals surface area contributed by atoms with Gasteiger partial charge in [-0.15, -0.1) is 0 Å². The van der Waals surface area contributed by atoms with E-state index in [1.165, 1.54) is 11.8 Å². The van der Waals surface area contributed by atoms with Crippen molar-refractivity contribution < 1.29 is 18.8 Å². The number of ether oxygens (including phenoxy) is 1. The second-order valence-corrected chi connectivity index (χ2v) is 8.11. The zero-order valence-corrected chi connectivity index (χ0v) is 16.3. The van der Waals surface area contributed by atoms with Gasteiger partial charge in [-0.3, -0.25) is 9.00 Å². The van der Waals surface area contributed by atoms with Gasteiger partial charge >= 0.3 is 5.97 Å². The molecule has 0 spiro atoms. The van der Waals surface area contributed by atoms with Gasteiger partial charge in [0.15, 0.2) is 0 Å². The second-order valence-electron chi connectivity index (χ2n) is 6.54. The molecule has 7 heteroatoms. The van der Waals surface area contributed by atoms with Gasteiger partial charge in [-0.2, -0.15) is 0 Å². The summed E-state index contributed by atoms with van der Waals surface area (Å²) in [7, 11) is 0.544. The molecule has 0 radical (unpaired) electrons. The summed E-state index contributed by atoms with van der Waals surface area (Å²) in [5, 5.41) is 8.24. The van der Waals surface area contributed by atoms with Gasteiger partial charge in [-0.05, 0) is 48.7 Å². The average Bonchev–Trinajstić information content (AvgIpc) is 2.94. The fraction of sp³-hybridized carbons (Fsp3) is 0.300. The standard InChI is InChI=1S/C20H22N2O4S/c1-13-4-9-16-17(10-13)22(2)19(21-16)12-26-15-7-5-14(6-8-15)11-18(20(23)24)27(3)25/h4-10,18H,11-12H2,1-3H3,(H,23,24). The summed E-state index contributed by atoms with van der Waals surface area (Å²) < 4.78 is 19.4. The Morgan fingerprint density at radius 1 is 1.26 bits per heavy atom. The van der Waals surface area contributed by atoms with E-state index >= 15 is 0 Å². The highest BCUT2D eigenvalue weighted by atomic mass is 32.2. The van der Waals surface area contributed by atoms with E-state index in [9.17, 15) is 9.00 Å². The number of aromatic nitrogens is 2. The van der Waals surface area contributed by atoms with Crippen LogP contribution in [0.25, 0.3) is 11.0 Å². The summed E-state index contributed by atoms with van der Waals surface area (Å²) in [6.45, 7) is 2.38. The minimum atomic E-state index is -1.42. The zero-order chi connectivity index (χ0) is 19.6. The third-order valence-electron chi connectivity index (χ3n) is 4.52. The Hall–Kier alpha value is -2.67. The number of benzene rings is 2. The molecule has 1 aromatic heterocycles. The normalized spacial score (nSPS) is 13.4. The molecule has 0 fully saturated rings. The van der Waals surface area contributed by atoms with Gasteiger partial charge in [-0.1, -0.05) is 18.2 Å². The molecule has 1 heterocycles. The van der Waals surface area contributed by atoms with Crippen LogP contribution in [0.3, 0.4) is 0 Å². The molecule has 142 valence electrons. The number of carboxylic acids is 1. The van der Waals surface area contributed by atoms with E-state index in [0.29, 0.717) is 12.4 Å². The fourth-order valence-electron chi connectivity index (χ4n) is 2.91. The number of rotatable bonds is 7. The number of hydrogen-bond donors (Lipinski definition) is 1.